The number of carbonyl (C=O) groups is 1. The first-order chi connectivity index (χ1) is 9.58. The van der Waals surface area contributed by atoms with E-state index in [1.165, 1.54) is 5.56 Å². The first-order valence-corrected chi connectivity index (χ1v) is 7.40. The first-order valence-electron chi connectivity index (χ1n) is 7.40. The standard InChI is InChI=1S/C16H25N3O/c1-13-11-18(12-15-7-4-3-5-8-15)9-6-10-19(13)16(20)14(2)17/h3-5,7-8,13-14H,6,9-12,17H2,1-2H3/t13-,14+/m1/s1. The van der Waals surface area contributed by atoms with Gasteiger partial charge in [-0.05, 0) is 25.8 Å². The van der Waals surface area contributed by atoms with Gasteiger partial charge in [0.2, 0.25) is 5.91 Å². The Morgan fingerprint density at radius 2 is 2.05 bits per heavy atom. The number of amides is 1. The van der Waals surface area contributed by atoms with Crippen LogP contribution in [0.25, 0.3) is 0 Å². The molecular formula is C16H25N3O. The summed E-state index contributed by atoms with van der Waals surface area (Å²) in [6.45, 7) is 7.58. The van der Waals surface area contributed by atoms with Crippen LogP contribution in [0.4, 0.5) is 0 Å². The van der Waals surface area contributed by atoms with Crippen LogP contribution >= 0.6 is 0 Å². The number of hydrogen-bond donors (Lipinski definition) is 1. The molecular weight excluding hydrogens is 250 g/mol. The number of hydrogen-bond acceptors (Lipinski definition) is 3. The van der Waals surface area contributed by atoms with Crippen molar-refractivity contribution in [2.24, 2.45) is 5.73 Å². The summed E-state index contributed by atoms with van der Waals surface area (Å²) in [6.07, 6.45) is 1.01. The van der Waals surface area contributed by atoms with E-state index in [-0.39, 0.29) is 11.9 Å². The van der Waals surface area contributed by atoms with Gasteiger partial charge in [0.15, 0.2) is 0 Å². The molecule has 0 unspecified atom stereocenters. The van der Waals surface area contributed by atoms with Crippen molar-refractivity contribution in [3.63, 3.8) is 0 Å². The van der Waals surface area contributed by atoms with Gasteiger partial charge in [0.25, 0.3) is 0 Å². The van der Waals surface area contributed by atoms with E-state index in [1.807, 2.05) is 11.0 Å². The Kier molecular flexibility index (Phi) is 5.15. The number of nitrogens with two attached hydrogens (primary N) is 1. The molecule has 1 heterocycles. The van der Waals surface area contributed by atoms with Crippen molar-refractivity contribution in [2.75, 3.05) is 19.6 Å². The van der Waals surface area contributed by atoms with Gasteiger partial charge in [-0.2, -0.15) is 0 Å². The molecule has 0 spiro atoms. The highest BCUT2D eigenvalue weighted by molar-refractivity contribution is 5.81. The highest BCUT2D eigenvalue weighted by Gasteiger charge is 2.26. The monoisotopic (exact) mass is 275 g/mol. The SMILES string of the molecule is C[C@H](N)C(=O)N1CCCN(Cc2ccccc2)C[C@H]1C. The van der Waals surface area contributed by atoms with Gasteiger partial charge in [0.1, 0.15) is 0 Å². The van der Waals surface area contributed by atoms with Crippen molar-refractivity contribution < 1.29 is 4.79 Å². The van der Waals surface area contributed by atoms with Crippen molar-refractivity contribution >= 4 is 5.91 Å². The van der Waals surface area contributed by atoms with E-state index in [1.54, 1.807) is 6.92 Å². The lowest BCUT2D eigenvalue weighted by Gasteiger charge is -2.30. The van der Waals surface area contributed by atoms with Crippen LogP contribution in [0.15, 0.2) is 30.3 Å². The molecule has 2 N–H and O–H groups in total. The molecule has 1 amide bonds. The minimum absolute atomic E-state index is 0.0686. The number of rotatable bonds is 3. The predicted molar refractivity (Wildman–Crippen MR) is 81.2 cm³/mol. The molecule has 110 valence electrons. The van der Waals surface area contributed by atoms with Crippen molar-refractivity contribution in [3.8, 4) is 0 Å². The van der Waals surface area contributed by atoms with E-state index >= 15 is 0 Å². The lowest BCUT2D eigenvalue weighted by molar-refractivity contribution is -0.134. The molecule has 1 aromatic carbocycles. The van der Waals surface area contributed by atoms with E-state index in [0.29, 0.717) is 0 Å². The summed E-state index contributed by atoms with van der Waals surface area (Å²) in [7, 11) is 0. The third-order valence-corrected chi connectivity index (χ3v) is 3.85. The number of nitrogens with zero attached hydrogens (tertiary/aromatic N) is 2. The van der Waals surface area contributed by atoms with E-state index in [4.69, 9.17) is 5.73 Å². The molecule has 1 aliphatic rings. The number of carbonyl (C=O) groups excluding carboxylic acids is 1. The highest BCUT2D eigenvalue weighted by atomic mass is 16.2. The largest absolute Gasteiger partial charge is 0.337 e. The van der Waals surface area contributed by atoms with Crippen molar-refractivity contribution in [1.29, 1.82) is 0 Å². The van der Waals surface area contributed by atoms with Gasteiger partial charge in [0, 0.05) is 32.2 Å². The van der Waals surface area contributed by atoms with Gasteiger partial charge in [-0.1, -0.05) is 30.3 Å². The zero-order valence-electron chi connectivity index (χ0n) is 12.5. The maximum Gasteiger partial charge on any atom is 0.239 e. The summed E-state index contributed by atoms with van der Waals surface area (Å²) in [5.41, 5.74) is 7.06. The van der Waals surface area contributed by atoms with Crippen molar-refractivity contribution in [2.45, 2.75) is 38.9 Å². The molecule has 2 rings (SSSR count). The van der Waals surface area contributed by atoms with Crippen LogP contribution < -0.4 is 5.73 Å². The van der Waals surface area contributed by atoms with Crippen molar-refractivity contribution in [3.05, 3.63) is 35.9 Å². The van der Waals surface area contributed by atoms with E-state index < -0.39 is 6.04 Å². The third kappa shape index (κ3) is 3.81. The second-order valence-corrected chi connectivity index (χ2v) is 5.74. The summed E-state index contributed by atoms with van der Waals surface area (Å²) in [5, 5.41) is 0. The summed E-state index contributed by atoms with van der Waals surface area (Å²) < 4.78 is 0. The molecule has 0 aliphatic carbocycles. The van der Waals surface area contributed by atoms with Gasteiger partial charge in [-0.3, -0.25) is 9.69 Å². The predicted octanol–water partition coefficient (Wildman–Crippen LogP) is 1.46. The summed E-state index contributed by atoms with van der Waals surface area (Å²) in [4.78, 5) is 16.5. The second kappa shape index (κ2) is 6.86. The maximum atomic E-state index is 12.1. The molecule has 0 aromatic heterocycles. The van der Waals surface area contributed by atoms with E-state index in [2.05, 4.69) is 36.1 Å². The van der Waals surface area contributed by atoms with E-state index in [0.717, 1.165) is 32.6 Å². The smallest absolute Gasteiger partial charge is 0.239 e. The Hall–Kier alpha value is -1.39. The van der Waals surface area contributed by atoms with Crippen LogP contribution in [0.2, 0.25) is 0 Å². The Balaban J connectivity index is 1.98. The molecule has 0 bridgehead atoms. The second-order valence-electron chi connectivity index (χ2n) is 5.74. The zero-order valence-corrected chi connectivity index (χ0v) is 12.5. The van der Waals surface area contributed by atoms with Crippen LogP contribution in [-0.2, 0) is 11.3 Å². The Labute approximate surface area is 121 Å². The highest BCUT2D eigenvalue weighted by Crippen LogP contribution is 2.14. The molecule has 4 heteroatoms. The summed E-state index contributed by atoms with van der Waals surface area (Å²) >= 11 is 0. The lowest BCUT2D eigenvalue weighted by atomic mass is 10.2. The molecule has 0 saturated carbocycles. The fraction of sp³-hybridized carbons (Fsp3) is 0.562. The van der Waals surface area contributed by atoms with Crippen LogP contribution in [-0.4, -0.2) is 47.4 Å². The molecule has 20 heavy (non-hydrogen) atoms. The third-order valence-electron chi connectivity index (χ3n) is 3.85. The molecule has 4 nitrogen and oxygen atoms in total. The Morgan fingerprint density at radius 1 is 1.35 bits per heavy atom. The lowest BCUT2D eigenvalue weighted by Crippen LogP contribution is -2.48. The number of benzene rings is 1. The molecule has 1 aliphatic heterocycles. The van der Waals surface area contributed by atoms with Crippen LogP contribution in [0.1, 0.15) is 25.8 Å². The topological polar surface area (TPSA) is 49.6 Å². The average molecular weight is 275 g/mol. The molecule has 1 saturated heterocycles. The first kappa shape index (κ1) is 15.0. The molecule has 0 radical (unpaired) electrons. The van der Waals surface area contributed by atoms with Crippen molar-refractivity contribution in [1.82, 2.24) is 9.80 Å². The fourth-order valence-corrected chi connectivity index (χ4v) is 2.82. The van der Waals surface area contributed by atoms with Gasteiger partial charge < -0.3 is 10.6 Å². The molecule has 1 fully saturated rings. The van der Waals surface area contributed by atoms with Crippen LogP contribution in [0.3, 0.4) is 0 Å². The van der Waals surface area contributed by atoms with Gasteiger partial charge in [-0.25, -0.2) is 0 Å². The van der Waals surface area contributed by atoms with Crippen LogP contribution in [0, 0.1) is 0 Å². The van der Waals surface area contributed by atoms with Crippen LogP contribution in [0.5, 0.6) is 0 Å². The minimum atomic E-state index is -0.405. The molecule has 1 aromatic rings. The normalized spacial score (nSPS) is 22.4. The van der Waals surface area contributed by atoms with Gasteiger partial charge in [0.05, 0.1) is 6.04 Å². The molecule has 2 atom stereocenters. The van der Waals surface area contributed by atoms with Gasteiger partial charge in [-0.15, -0.1) is 0 Å². The summed E-state index contributed by atoms with van der Waals surface area (Å²) in [6, 6.07) is 10.3. The summed E-state index contributed by atoms with van der Waals surface area (Å²) in [5.74, 6) is 0.0686. The van der Waals surface area contributed by atoms with Gasteiger partial charge >= 0.3 is 0 Å². The fourth-order valence-electron chi connectivity index (χ4n) is 2.82. The Morgan fingerprint density at radius 3 is 2.70 bits per heavy atom. The minimum Gasteiger partial charge on any atom is -0.337 e. The Bertz CT molecular complexity index is 433. The average Bonchev–Trinajstić information content (AvgIpc) is 2.60. The zero-order chi connectivity index (χ0) is 14.5. The maximum absolute atomic E-state index is 12.1. The van der Waals surface area contributed by atoms with E-state index in [9.17, 15) is 4.79 Å². The quantitative estimate of drug-likeness (QED) is 0.908.